The van der Waals surface area contributed by atoms with Crippen LogP contribution >= 0.6 is 0 Å². The van der Waals surface area contributed by atoms with Gasteiger partial charge in [0.15, 0.2) is 0 Å². The first-order chi connectivity index (χ1) is 8.90. The van der Waals surface area contributed by atoms with Crippen molar-refractivity contribution in [3.05, 3.63) is 6.92 Å². The minimum Gasteiger partial charge on any atom is -0.379 e. The fraction of sp³-hybridized carbons (Fsp3) is 0.929. The maximum absolute atomic E-state index is 5.38. The number of hydrogen-bond acceptors (Lipinski definition) is 4. The molecule has 0 aromatic carbocycles. The van der Waals surface area contributed by atoms with Gasteiger partial charge in [-0.15, -0.1) is 0 Å². The maximum atomic E-state index is 5.38. The van der Waals surface area contributed by atoms with Gasteiger partial charge in [-0.05, 0) is 25.8 Å². The lowest BCUT2D eigenvalue weighted by atomic mass is 10.1. The Morgan fingerprint density at radius 1 is 1.11 bits per heavy atom. The molecule has 0 aromatic heterocycles. The molecule has 4 heteroatoms. The van der Waals surface area contributed by atoms with Gasteiger partial charge in [0.25, 0.3) is 0 Å². The number of nitrogens with zero attached hydrogens (tertiary/aromatic N) is 2. The molecule has 4 nitrogen and oxygen atoms in total. The van der Waals surface area contributed by atoms with Gasteiger partial charge < -0.3 is 10.1 Å². The normalized spacial score (nSPS) is 25.2. The lowest BCUT2D eigenvalue weighted by molar-refractivity contribution is 0.0358. The molecule has 2 aliphatic rings. The van der Waals surface area contributed by atoms with Crippen LogP contribution in [0, 0.1) is 6.92 Å². The van der Waals surface area contributed by atoms with Gasteiger partial charge in [0.1, 0.15) is 0 Å². The third kappa shape index (κ3) is 4.50. The summed E-state index contributed by atoms with van der Waals surface area (Å²) < 4.78 is 5.38. The zero-order chi connectivity index (χ0) is 12.6. The first-order valence-corrected chi connectivity index (χ1v) is 7.44. The number of ether oxygens (including phenoxy) is 1. The average molecular weight is 254 g/mol. The molecular weight excluding hydrogens is 226 g/mol. The lowest BCUT2D eigenvalue weighted by Gasteiger charge is -2.35. The van der Waals surface area contributed by atoms with Gasteiger partial charge in [0.05, 0.1) is 13.2 Å². The van der Waals surface area contributed by atoms with Crippen molar-refractivity contribution in [1.82, 2.24) is 15.1 Å². The zero-order valence-corrected chi connectivity index (χ0v) is 11.6. The fourth-order valence-electron chi connectivity index (χ4n) is 2.93. The molecule has 1 radical (unpaired) electrons. The van der Waals surface area contributed by atoms with E-state index in [1.54, 1.807) is 0 Å². The standard InChI is InChI=1S/C14H28N3O/c1-2-14(17-8-5-15-6-9-17)4-3-7-16-10-12-18-13-11-16/h14-15H,1-13H2. The van der Waals surface area contributed by atoms with Crippen LogP contribution in [0.1, 0.15) is 19.3 Å². The average Bonchev–Trinajstić information content (AvgIpc) is 2.46. The first-order valence-electron chi connectivity index (χ1n) is 7.44. The molecule has 1 N–H and O–H groups in total. The molecule has 0 bridgehead atoms. The van der Waals surface area contributed by atoms with Crippen LogP contribution in [0.15, 0.2) is 0 Å². The summed E-state index contributed by atoms with van der Waals surface area (Å²) in [5.74, 6) is 0. The van der Waals surface area contributed by atoms with E-state index >= 15 is 0 Å². The molecule has 1 unspecified atom stereocenters. The molecule has 18 heavy (non-hydrogen) atoms. The Kier molecular flexibility index (Phi) is 6.41. The largest absolute Gasteiger partial charge is 0.379 e. The van der Waals surface area contributed by atoms with Crippen molar-refractivity contribution in [1.29, 1.82) is 0 Å². The SMILES string of the molecule is [CH2]CC(CCCN1CCOCC1)N1CCNCC1. The van der Waals surface area contributed by atoms with Crippen LogP contribution in [0.2, 0.25) is 0 Å². The third-order valence-electron chi connectivity index (χ3n) is 4.12. The lowest BCUT2D eigenvalue weighted by Crippen LogP contribution is -2.48. The predicted octanol–water partition coefficient (Wildman–Crippen LogP) is 0.597. The highest BCUT2D eigenvalue weighted by Crippen LogP contribution is 2.12. The van der Waals surface area contributed by atoms with Crippen molar-refractivity contribution in [2.24, 2.45) is 0 Å². The molecule has 0 amide bonds. The number of nitrogens with one attached hydrogen (secondary N) is 1. The Bertz CT molecular complexity index is 213. The second kappa shape index (κ2) is 8.10. The maximum Gasteiger partial charge on any atom is 0.0594 e. The molecule has 0 spiro atoms. The monoisotopic (exact) mass is 254 g/mol. The van der Waals surface area contributed by atoms with E-state index in [4.69, 9.17) is 4.74 Å². The van der Waals surface area contributed by atoms with Gasteiger partial charge in [0, 0.05) is 45.3 Å². The van der Waals surface area contributed by atoms with Gasteiger partial charge in [-0.25, -0.2) is 0 Å². The van der Waals surface area contributed by atoms with Crippen LogP contribution < -0.4 is 5.32 Å². The minimum atomic E-state index is 0.688. The van der Waals surface area contributed by atoms with Gasteiger partial charge >= 0.3 is 0 Å². The van der Waals surface area contributed by atoms with E-state index in [0.717, 1.165) is 45.8 Å². The van der Waals surface area contributed by atoms with E-state index < -0.39 is 0 Å². The molecule has 105 valence electrons. The van der Waals surface area contributed by atoms with Crippen molar-refractivity contribution in [2.75, 3.05) is 59.0 Å². The third-order valence-corrected chi connectivity index (χ3v) is 4.12. The molecule has 2 aliphatic heterocycles. The summed E-state index contributed by atoms with van der Waals surface area (Å²) in [4.78, 5) is 5.14. The Hall–Kier alpha value is -0.160. The van der Waals surface area contributed by atoms with Crippen LogP contribution in [0.3, 0.4) is 0 Å². The number of rotatable bonds is 6. The molecule has 0 aromatic rings. The van der Waals surface area contributed by atoms with Gasteiger partial charge in [-0.2, -0.15) is 0 Å². The Labute approximate surface area is 112 Å². The van der Waals surface area contributed by atoms with E-state index in [0.29, 0.717) is 6.04 Å². The number of morpholine rings is 1. The molecule has 1 atom stereocenters. The number of piperazine rings is 1. The van der Waals surface area contributed by atoms with E-state index in [1.165, 1.54) is 32.5 Å². The second-order valence-electron chi connectivity index (χ2n) is 5.32. The van der Waals surface area contributed by atoms with Crippen molar-refractivity contribution in [2.45, 2.75) is 25.3 Å². The van der Waals surface area contributed by atoms with Crippen molar-refractivity contribution in [3.8, 4) is 0 Å². The Balaban J connectivity index is 1.63. The predicted molar refractivity (Wildman–Crippen MR) is 74.7 cm³/mol. The summed E-state index contributed by atoms with van der Waals surface area (Å²) in [6.07, 6.45) is 3.63. The molecular formula is C14H28N3O. The highest BCUT2D eigenvalue weighted by Gasteiger charge is 2.19. The van der Waals surface area contributed by atoms with Gasteiger partial charge in [-0.3, -0.25) is 9.80 Å². The molecule has 2 rings (SSSR count). The molecule has 0 aliphatic carbocycles. The highest BCUT2D eigenvalue weighted by molar-refractivity contribution is 4.78. The first kappa shape index (κ1) is 14.3. The topological polar surface area (TPSA) is 27.7 Å². The molecule has 2 saturated heterocycles. The van der Waals surface area contributed by atoms with Crippen LogP contribution in [0.5, 0.6) is 0 Å². The van der Waals surface area contributed by atoms with E-state index in [9.17, 15) is 0 Å². The van der Waals surface area contributed by atoms with Crippen LogP contribution in [0.25, 0.3) is 0 Å². The molecule has 2 fully saturated rings. The summed E-state index contributed by atoms with van der Waals surface area (Å²) in [7, 11) is 0. The summed E-state index contributed by atoms with van der Waals surface area (Å²) in [5, 5.41) is 3.42. The smallest absolute Gasteiger partial charge is 0.0594 e. The van der Waals surface area contributed by atoms with Gasteiger partial charge in [0.2, 0.25) is 0 Å². The van der Waals surface area contributed by atoms with E-state index in [1.807, 2.05) is 0 Å². The summed E-state index contributed by atoms with van der Waals surface area (Å²) in [6.45, 7) is 14.1. The molecule has 2 heterocycles. The van der Waals surface area contributed by atoms with Crippen molar-refractivity contribution >= 4 is 0 Å². The molecule has 0 saturated carbocycles. The second-order valence-corrected chi connectivity index (χ2v) is 5.32. The van der Waals surface area contributed by atoms with Crippen LogP contribution in [-0.2, 0) is 4.74 Å². The van der Waals surface area contributed by atoms with Crippen molar-refractivity contribution < 1.29 is 4.74 Å². The zero-order valence-electron chi connectivity index (χ0n) is 11.6. The Morgan fingerprint density at radius 2 is 1.83 bits per heavy atom. The number of hydrogen-bond donors (Lipinski definition) is 1. The summed E-state index contributed by atoms with van der Waals surface area (Å²) in [6, 6.07) is 0.688. The minimum absolute atomic E-state index is 0.688. The quantitative estimate of drug-likeness (QED) is 0.751. The Morgan fingerprint density at radius 3 is 2.50 bits per heavy atom. The van der Waals surface area contributed by atoms with Crippen LogP contribution in [0.4, 0.5) is 0 Å². The fourth-order valence-corrected chi connectivity index (χ4v) is 2.93. The summed E-state index contributed by atoms with van der Waals surface area (Å²) >= 11 is 0. The summed E-state index contributed by atoms with van der Waals surface area (Å²) in [5.41, 5.74) is 0. The van der Waals surface area contributed by atoms with E-state index in [-0.39, 0.29) is 0 Å². The van der Waals surface area contributed by atoms with Crippen LogP contribution in [-0.4, -0.2) is 74.9 Å². The van der Waals surface area contributed by atoms with Gasteiger partial charge in [-0.1, -0.05) is 6.92 Å². The van der Waals surface area contributed by atoms with E-state index in [2.05, 4.69) is 22.0 Å². The highest BCUT2D eigenvalue weighted by atomic mass is 16.5. The van der Waals surface area contributed by atoms with Crippen molar-refractivity contribution in [3.63, 3.8) is 0 Å².